The number of methoxy groups -OCH3 is 2. The highest BCUT2D eigenvalue weighted by molar-refractivity contribution is 7.99. The number of carbonyl (C=O) groups is 1. The Morgan fingerprint density at radius 2 is 1.74 bits per heavy atom. The molecule has 0 atom stereocenters. The highest BCUT2D eigenvalue weighted by atomic mass is 32.2. The van der Waals surface area contributed by atoms with E-state index in [0.29, 0.717) is 28.5 Å². The highest BCUT2D eigenvalue weighted by Gasteiger charge is 2.26. The Kier molecular flexibility index (Phi) is 7.77. The number of rotatable bonds is 8. The van der Waals surface area contributed by atoms with Crippen LogP contribution in [0.3, 0.4) is 0 Å². The Labute approximate surface area is 205 Å². The van der Waals surface area contributed by atoms with Crippen LogP contribution in [-0.4, -0.2) is 58.6 Å². The highest BCUT2D eigenvalue weighted by Crippen LogP contribution is 2.34. The zero-order chi connectivity index (χ0) is 24.1. The lowest BCUT2D eigenvalue weighted by molar-refractivity contribution is -0.129. The van der Waals surface area contributed by atoms with E-state index in [1.165, 1.54) is 24.6 Å². The molecule has 0 spiro atoms. The van der Waals surface area contributed by atoms with Crippen molar-refractivity contribution in [1.82, 2.24) is 19.7 Å². The van der Waals surface area contributed by atoms with E-state index < -0.39 is 0 Å². The third-order valence-electron chi connectivity index (χ3n) is 6.56. The number of para-hydroxylation sites is 1. The van der Waals surface area contributed by atoms with Crippen molar-refractivity contribution in [2.75, 3.05) is 27.0 Å². The van der Waals surface area contributed by atoms with E-state index in [9.17, 15) is 4.79 Å². The third-order valence-corrected chi connectivity index (χ3v) is 7.48. The molecule has 3 aromatic rings. The number of ether oxygens (including phenoxy) is 2. The molecule has 0 radical (unpaired) electrons. The molecule has 34 heavy (non-hydrogen) atoms. The average molecular weight is 481 g/mol. The molecule has 180 valence electrons. The summed E-state index contributed by atoms with van der Waals surface area (Å²) >= 11 is 1.41. The maximum Gasteiger partial charge on any atom is 0.233 e. The molecule has 1 heterocycles. The van der Waals surface area contributed by atoms with Gasteiger partial charge in [-0.25, -0.2) is 0 Å². The van der Waals surface area contributed by atoms with Crippen molar-refractivity contribution in [2.24, 2.45) is 5.92 Å². The van der Waals surface area contributed by atoms with E-state index in [4.69, 9.17) is 9.47 Å². The molecular weight excluding hydrogens is 448 g/mol. The SMILES string of the molecule is COc1ccc(-n2c(SCC(=O)N(C)C3CCC(C)CC3)nnc2-c2ccccc2OC)cc1. The summed E-state index contributed by atoms with van der Waals surface area (Å²) in [4.78, 5) is 14.9. The summed E-state index contributed by atoms with van der Waals surface area (Å²) in [7, 11) is 5.21. The molecule has 0 aliphatic heterocycles. The van der Waals surface area contributed by atoms with Gasteiger partial charge in [-0.1, -0.05) is 30.8 Å². The van der Waals surface area contributed by atoms with Crippen LogP contribution in [0.1, 0.15) is 32.6 Å². The van der Waals surface area contributed by atoms with E-state index in [1.807, 2.05) is 65.0 Å². The number of nitrogens with zero attached hydrogens (tertiary/aromatic N) is 4. The van der Waals surface area contributed by atoms with Crippen LogP contribution in [0, 0.1) is 5.92 Å². The summed E-state index contributed by atoms with van der Waals surface area (Å²) in [5.74, 6) is 3.32. The topological polar surface area (TPSA) is 69.5 Å². The molecule has 1 aliphatic carbocycles. The van der Waals surface area contributed by atoms with Crippen LogP contribution in [0.2, 0.25) is 0 Å². The van der Waals surface area contributed by atoms with Crippen LogP contribution in [0.5, 0.6) is 11.5 Å². The van der Waals surface area contributed by atoms with Crippen molar-refractivity contribution < 1.29 is 14.3 Å². The normalized spacial score (nSPS) is 17.9. The van der Waals surface area contributed by atoms with Crippen molar-refractivity contribution in [1.29, 1.82) is 0 Å². The average Bonchev–Trinajstić information content (AvgIpc) is 3.31. The quantitative estimate of drug-likeness (QED) is 0.419. The lowest BCUT2D eigenvalue weighted by atomic mass is 9.87. The molecule has 1 amide bonds. The van der Waals surface area contributed by atoms with Gasteiger partial charge in [0.15, 0.2) is 11.0 Å². The van der Waals surface area contributed by atoms with Gasteiger partial charge in [0, 0.05) is 13.1 Å². The number of hydrogen-bond acceptors (Lipinski definition) is 6. The summed E-state index contributed by atoms with van der Waals surface area (Å²) < 4.78 is 12.9. The second-order valence-corrected chi connectivity index (χ2v) is 9.69. The van der Waals surface area contributed by atoms with Gasteiger partial charge >= 0.3 is 0 Å². The first kappa shape index (κ1) is 24.1. The van der Waals surface area contributed by atoms with Gasteiger partial charge in [-0.2, -0.15) is 0 Å². The van der Waals surface area contributed by atoms with Crippen molar-refractivity contribution in [3.63, 3.8) is 0 Å². The number of hydrogen-bond donors (Lipinski definition) is 0. The first-order valence-electron chi connectivity index (χ1n) is 11.6. The standard InChI is InChI=1S/C26H32N4O3S/c1-18-9-11-19(12-10-18)29(2)24(31)17-34-26-28-27-25(22-7-5-6-8-23(22)33-4)30(26)20-13-15-21(32-3)16-14-20/h5-8,13-16,18-19H,9-12,17H2,1-4H3. The Balaban J connectivity index is 1.60. The van der Waals surface area contributed by atoms with Crippen molar-refractivity contribution in [2.45, 2.75) is 43.8 Å². The maximum absolute atomic E-state index is 13.0. The van der Waals surface area contributed by atoms with Crippen molar-refractivity contribution >= 4 is 17.7 Å². The molecule has 1 aliphatic rings. The minimum Gasteiger partial charge on any atom is -0.497 e. The molecule has 0 unspecified atom stereocenters. The second kappa shape index (κ2) is 11.0. The van der Waals surface area contributed by atoms with Crippen LogP contribution in [0.15, 0.2) is 53.7 Å². The molecule has 0 saturated heterocycles. The second-order valence-electron chi connectivity index (χ2n) is 8.75. The number of thioether (sulfide) groups is 1. The Bertz CT molecular complexity index is 1110. The summed E-state index contributed by atoms with van der Waals surface area (Å²) in [6.07, 6.45) is 4.52. The van der Waals surface area contributed by atoms with E-state index in [2.05, 4.69) is 17.1 Å². The lowest BCUT2D eigenvalue weighted by Crippen LogP contribution is -2.40. The zero-order valence-electron chi connectivity index (χ0n) is 20.2. The molecule has 1 fully saturated rings. The van der Waals surface area contributed by atoms with E-state index >= 15 is 0 Å². The van der Waals surface area contributed by atoms with Crippen molar-refractivity contribution in [3.05, 3.63) is 48.5 Å². The Morgan fingerprint density at radius 1 is 1.03 bits per heavy atom. The third kappa shape index (κ3) is 5.22. The van der Waals surface area contributed by atoms with Crippen molar-refractivity contribution in [3.8, 4) is 28.6 Å². The smallest absolute Gasteiger partial charge is 0.233 e. The molecule has 8 heteroatoms. The first-order valence-corrected chi connectivity index (χ1v) is 12.6. The van der Waals surface area contributed by atoms with E-state index in [1.54, 1.807) is 14.2 Å². The van der Waals surface area contributed by atoms with Gasteiger partial charge in [-0.3, -0.25) is 9.36 Å². The Morgan fingerprint density at radius 3 is 2.41 bits per heavy atom. The number of carbonyl (C=O) groups excluding carboxylic acids is 1. The van der Waals surface area contributed by atoms with Gasteiger partial charge in [0.1, 0.15) is 11.5 Å². The fourth-order valence-corrected chi connectivity index (χ4v) is 5.27. The van der Waals surface area contributed by atoms with Gasteiger partial charge in [0.05, 0.1) is 31.2 Å². The monoisotopic (exact) mass is 480 g/mol. The predicted molar refractivity (Wildman–Crippen MR) is 135 cm³/mol. The molecular formula is C26H32N4O3S. The van der Waals surface area contributed by atoms with Gasteiger partial charge < -0.3 is 14.4 Å². The molecule has 1 aromatic heterocycles. The molecule has 1 saturated carbocycles. The maximum atomic E-state index is 13.0. The number of benzene rings is 2. The molecule has 7 nitrogen and oxygen atoms in total. The minimum absolute atomic E-state index is 0.118. The Hall–Kier alpha value is -3.00. The van der Waals surface area contributed by atoms with Gasteiger partial charge in [0.25, 0.3) is 0 Å². The molecule has 2 aromatic carbocycles. The number of aromatic nitrogens is 3. The summed E-state index contributed by atoms with van der Waals surface area (Å²) in [6, 6.07) is 15.8. The lowest BCUT2D eigenvalue weighted by Gasteiger charge is -2.33. The minimum atomic E-state index is 0.118. The van der Waals surface area contributed by atoms with Crippen LogP contribution < -0.4 is 9.47 Å². The number of amides is 1. The first-order chi connectivity index (χ1) is 16.5. The molecule has 0 N–H and O–H groups in total. The zero-order valence-corrected chi connectivity index (χ0v) is 21.0. The van der Waals surface area contributed by atoms with Gasteiger partial charge in [-0.05, 0) is 68.0 Å². The molecule has 4 rings (SSSR count). The van der Waals surface area contributed by atoms with Crippen LogP contribution in [0.25, 0.3) is 17.1 Å². The van der Waals surface area contributed by atoms with Crippen LogP contribution >= 0.6 is 11.8 Å². The summed E-state index contributed by atoms with van der Waals surface area (Å²) in [5.41, 5.74) is 1.72. The largest absolute Gasteiger partial charge is 0.497 e. The molecule has 0 bridgehead atoms. The van der Waals surface area contributed by atoms with Gasteiger partial charge in [0.2, 0.25) is 5.91 Å². The van der Waals surface area contributed by atoms with Gasteiger partial charge in [-0.15, -0.1) is 10.2 Å². The fraction of sp³-hybridized carbons (Fsp3) is 0.423. The van der Waals surface area contributed by atoms with Crippen LogP contribution in [-0.2, 0) is 4.79 Å². The van der Waals surface area contributed by atoms with Crippen LogP contribution in [0.4, 0.5) is 0 Å². The predicted octanol–water partition coefficient (Wildman–Crippen LogP) is 5.08. The van der Waals surface area contributed by atoms with E-state index in [0.717, 1.165) is 35.8 Å². The summed E-state index contributed by atoms with van der Waals surface area (Å²) in [6.45, 7) is 2.29. The summed E-state index contributed by atoms with van der Waals surface area (Å²) in [5, 5.41) is 9.61. The van der Waals surface area contributed by atoms with E-state index in [-0.39, 0.29) is 5.91 Å². The fourth-order valence-electron chi connectivity index (χ4n) is 4.39.